The van der Waals surface area contributed by atoms with Crippen LogP contribution in [0.3, 0.4) is 0 Å². The van der Waals surface area contributed by atoms with Crippen molar-refractivity contribution in [2.75, 3.05) is 7.05 Å². The van der Waals surface area contributed by atoms with Gasteiger partial charge < -0.3 is 5.11 Å². The lowest BCUT2D eigenvalue weighted by molar-refractivity contribution is 0.0696. The molecule has 1 aromatic heterocycles. The predicted molar refractivity (Wildman–Crippen MR) is 68.4 cm³/mol. The third kappa shape index (κ3) is 2.83. The van der Waals surface area contributed by atoms with Gasteiger partial charge >= 0.3 is 5.97 Å². The summed E-state index contributed by atoms with van der Waals surface area (Å²) >= 11 is 0. The number of carboxylic acid groups (broad SMARTS) is 1. The monoisotopic (exact) mass is 296 g/mol. The molecule has 0 aliphatic heterocycles. The SMILES string of the molecule is CN(Cc1ncn[nH]1)S(=O)(=O)c1ccc(C(=O)O)cc1. The molecule has 0 fully saturated rings. The molecule has 1 heterocycles. The molecule has 0 amide bonds. The van der Waals surface area contributed by atoms with Gasteiger partial charge in [-0.25, -0.2) is 18.2 Å². The molecule has 106 valence electrons. The highest BCUT2D eigenvalue weighted by Crippen LogP contribution is 2.16. The van der Waals surface area contributed by atoms with Gasteiger partial charge in [-0.15, -0.1) is 0 Å². The van der Waals surface area contributed by atoms with Crippen molar-refractivity contribution in [1.82, 2.24) is 19.5 Å². The van der Waals surface area contributed by atoms with Crippen LogP contribution in [0.15, 0.2) is 35.5 Å². The van der Waals surface area contributed by atoms with E-state index in [1.807, 2.05) is 0 Å². The summed E-state index contributed by atoms with van der Waals surface area (Å²) in [5.74, 6) is -0.692. The molecule has 0 bridgehead atoms. The van der Waals surface area contributed by atoms with Gasteiger partial charge in [0.05, 0.1) is 17.0 Å². The summed E-state index contributed by atoms with van der Waals surface area (Å²) in [5.41, 5.74) is 0.0295. The first-order valence-electron chi connectivity index (χ1n) is 5.55. The maximum atomic E-state index is 12.3. The molecule has 0 saturated carbocycles. The number of nitrogens with zero attached hydrogens (tertiary/aromatic N) is 3. The Kier molecular flexibility index (Phi) is 3.81. The molecule has 0 unspecified atom stereocenters. The van der Waals surface area contributed by atoms with Crippen LogP contribution >= 0.6 is 0 Å². The molecule has 0 radical (unpaired) electrons. The Bertz CT molecular complexity index is 695. The second-order valence-electron chi connectivity index (χ2n) is 4.02. The van der Waals surface area contributed by atoms with Crippen LogP contribution in [0.2, 0.25) is 0 Å². The first-order chi connectivity index (χ1) is 9.41. The Morgan fingerprint density at radius 2 is 2.00 bits per heavy atom. The average Bonchev–Trinajstić information content (AvgIpc) is 2.91. The zero-order chi connectivity index (χ0) is 14.8. The minimum Gasteiger partial charge on any atom is -0.478 e. The van der Waals surface area contributed by atoms with E-state index in [0.29, 0.717) is 5.82 Å². The molecule has 2 aromatic rings. The quantitative estimate of drug-likeness (QED) is 0.821. The van der Waals surface area contributed by atoms with Crippen LogP contribution in [0.1, 0.15) is 16.2 Å². The van der Waals surface area contributed by atoms with Crippen molar-refractivity contribution < 1.29 is 18.3 Å². The standard InChI is InChI=1S/C11H12N4O4S/c1-15(6-10-12-7-13-14-10)20(18,19)9-4-2-8(3-5-9)11(16)17/h2-5,7H,6H2,1H3,(H,16,17)(H,12,13,14). The van der Waals surface area contributed by atoms with Crippen molar-refractivity contribution >= 4 is 16.0 Å². The fourth-order valence-electron chi connectivity index (χ4n) is 1.55. The van der Waals surface area contributed by atoms with Crippen molar-refractivity contribution in [2.45, 2.75) is 11.4 Å². The first-order valence-corrected chi connectivity index (χ1v) is 6.99. The highest BCUT2D eigenvalue weighted by Gasteiger charge is 2.22. The zero-order valence-electron chi connectivity index (χ0n) is 10.5. The molecule has 0 spiro atoms. The van der Waals surface area contributed by atoms with Gasteiger partial charge in [0, 0.05) is 7.05 Å². The van der Waals surface area contributed by atoms with E-state index >= 15 is 0 Å². The van der Waals surface area contributed by atoms with E-state index in [-0.39, 0.29) is 17.0 Å². The molecule has 1 aromatic carbocycles. The van der Waals surface area contributed by atoms with Gasteiger partial charge in [-0.1, -0.05) is 0 Å². The van der Waals surface area contributed by atoms with Gasteiger partial charge in [-0.2, -0.15) is 9.40 Å². The third-order valence-electron chi connectivity index (χ3n) is 2.65. The second kappa shape index (κ2) is 5.39. The van der Waals surface area contributed by atoms with Gasteiger partial charge in [0.2, 0.25) is 10.0 Å². The smallest absolute Gasteiger partial charge is 0.335 e. The Hall–Kier alpha value is -2.26. The van der Waals surface area contributed by atoms with Crippen LogP contribution < -0.4 is 0 Å². The summed E-state index contributed by atoms with van der Waals surface area (Å²) in [5, 5.41) is 15.0. The number of aromatic carboxylic acids is 1. The van der Waals surface area contributed by atoms with Crippen molar-refractivity contribution in [3.63, 3.8) is 0 Å². The molecule has 2 rings (SSSR count). The summed E-state index contributed by atoms with van der Waals surface area (Å²) in [7, 11) is -2.30. The number of carbonyl (C=O) groups is 1. The van der Waals surface area contributed by atoms with Gasteiger partial charge in [0.1, 0.15) is 12.2 Å². The second-order valence-corrected chi connectivity index (χ2v) is 6.07. The van der Waals surface area contributed by atoms with E-state index < -0.39 is 16.0 Å². The Labute approximate surface area is 115 Å². The number of nitrogens with one attached hydrogen (secondary N) is 1. The van der Waals surface area contributed by atoms with E-state index in [9.17, 15) is 13.2 Å². The molecule has 8 nitrogen and oxygen atoms in total. The topological polar surface area (TPSA) is 116 Å². The summed E-state index contributed by atoms with van der Waals surface area (Å²) in [6.45, 7) is 0.0447. The lowest BCUT2D eigenvalue weighted by Gasteiger charge is -2.15. The van der Waals surface area contributed by atoms with Gasteiger partial charge in [-0.05, 0) is 24.3 Å². The van der Waals surface area contributed by atoms with E-state index in [1.54, 1.807) is 0 Å². The minimum absolute atomic E-state index is 0.0181. The number of hydrogen-bond donors (Lipinski definition) is 2. The van der Waals surface area contributed by atoms with E-state index in [4.69, 9.17) is 5.11 Å². The fourth-order valence-corrected chi connectivity index (χ4v) is 2.68. The van der Waals surface area contributed by atoms with Crippen molar-refractivity contribution in [3.8, 4) is 0 Å². The molecular weight excluding hydrogens is 284 g/mol. The van der Waals surface area contributed by atoms with E-state index in [2.05, 4.69) is 15.2 Å². The predicted octanol–water partition coefficient (Wildman–Crippen LogP) is 0.324. The highest BCUT2D eigenvalue weighted by atomic mass is 32.2. The summed E-state index contributed by atoms with van der Waals surface area (Å²) in [4.78, 5) is 14.6. The molecule has 2 N–H and O–H groups in total. The summed E-state index contributed by atoms with van der Waals surface area (Å²) in [6.07, 6.45) is 1.29. The van der Waals surface area contributed by atoms with E-state index in [0.717, 1.165) is 4.31 Å². The Balaban J connectivity index is 2.23. The number of benzene rings is 1. The Morgan fingerprint density at radius 1 is 1.35 bits per heavy atom. The number of carboxylic acids is 1. The van der Waals surface area contributed by atoms with Gasteiger partial charge in [0.25, 0.3) is 0 Å². The number of aromatic nitrogens is 3. The number of sulfonamides is 1. The first kappa shape index (κ1) is 14.2. The summed E-state index contributed by atoms with van der Waals surface area (Å²) in [6, 6.07) is 5.01. The lowest BCUT2D eigenvalue weighted by atomic mass is 10.2. The van der Waals surface area contributed by atoms with E-state index in [1.165, 1.54) is 37.6 Å². The molecule has 20 heavy (non-hydrogen) atoms. The maximum absolute atomic E-state index is 12.3. The number of aromatic amines is 1. The fraction of sp³-hybridized carbons (Fsp3) is 0.182. The minimum atomic E-state index is -3.70. The largest absolute Gasteiger partial charge is 0.478 e. The van der Waals surface area contributed by atoms with Crippen molar-refractivity contribution in [2.24, 2.45) is 0 Å². The lowest BCUT2D eigenvalue weighted by Crippen LogP contribution is -2.27. The molecule has 0 saturated heterocycles. The van der Waals surface area contributed by atoms with Crippen LogP contribution in [0.5, 0.6) is 0 Å². The van der Waals surface area contributed by atoms with Crippen LogP contribution in [0, 0.1) is 0 Å². The van der Waals surface area contributed by atoms with Crippen LogP contribution in [-0.2, 0) is 16.6 Å². The normalized spacial score (nSPS) is 11.7. The third-order valence-corrected chi connectivity index (χ3v) is 4.46. The highest BCUT2D eigenvalue weighted by molar-refractivity contribution is 7.89. The molecule has 0 aliphatic rings. The number of hydrogen-bond acceptors (Lipinski definition) is 5. The van der Waals surface area contributed by atoms with Gasteiger partial charge in [-0.3, -0.25) is 5.10 Å². The Morgan fingerprint density at radius 3 is 2.50 bits per heavy atom. The van der Waals surface area contributed by atoms with Gasteiger partial charge in [0.15, 0.2) is 0 Å². The number of rotatable bonds is 5. The maximum Gasteiger partial charge on any atom is 0.335 e. The van der Waals surface area contributed by atoms with Crippen LogP contribution in [0.4, 0.5) is 0 Å². The molecular formula is C11H12N4O4S. The average molecular weight is 296 g/mol. The molecule has 9 heteroatoms. The molecule has 0 atom stereocenters. The van der Waals surface area contributed by atoms with Crippen LogP contribution in [0.25, 0.3) is 0 Å². The number of H-pyrrole nitrogens is 1. The van der Waals surface area contributed by atoms with Crippen molar-refractivity contribution in [1.29, 1.82) is 0 Å². The summed E-state index contributed by atoms with van der Waals surface area (Å²) < 4.78 is 25.6. The van der Waals surface area contributed by atoms with Crippen LogP contribution in [-0.4, -0.2) is 46.0 Å². The molecule has 0 aliphatic carbocycles. The zero-order valence-corrected chi connectivity index (χ0v) is 11.3. The van der Waals surface area contributed by atoms with Crippen molar-refractivity contribution in [3.05, 3.63) is 42.0 Å².